The van der Waals surface area contributed by atoms with E-state index in [1.54, 1.807) is 6.20 Å². The van der Waals surface area contributed by atoms with Crippen molar-refractivity contribution in [3.05, 3.63) is 84.2 Å². The molecule has 0 aliphatic carbocycles. The van der Waals surface area contributed by atoms with Gasteiger partial charge >= 0.3 is 0 Å². The molecule has 1 aliphatic heterocycles. The monoisotopic (exact) mass is 386 g/mol. The normalized spacial score (nSPS) is 14.0. The predicted molar refractivity (Wildman–Crippen MR) is 118 cm³/mol. The third-order valence-corrected chi connectivity index (χ3v) is 5.35. The van der Waals surface area contributed by atoms with Gasteiger partial charge in [-0.2, -0.15) is 0 Å². The Labute approximate surface area is 172 Å². The highest BCUT2D eigenvalue weighted by Gasteiger charge is 2.23. The van der Waals surface area contributed by atoms with Gasteiger partial charge in [0.05, 0.1) is 11.9 Å². The quantitative estimate of drug-likeness (QED) is 0.708. The molecule has 1 amide bonds. The number of nitrogens with one attached hydrogen (secondary N) is 1. The molecule has 1 N–H and O–H groups in total. The molecule has 0 radical (unpaired) electrons. The molecular formula is C24H26N4O. The Kier molecular flexibility index (Phi) is 5.75. The Bertz CT molecular complexity index is 948. The fourth-order valence-corrected chi connectivity index (χ4v) is 3.67. The van der Waals surface area contributed by atoms with Crippen molar-refractivity contribution in [3.63, 3.8) is 0 Å². The van der Waals surface area contributed by atoms with Gasteiger partial charge < -0.3 is 15.1 Å². The van der Waals surface area contributed by atoms with E-state index in [0.717, 1.165) is 30.9 Å². The first-order valence-electron chi connectivity index (χ1n) is 10.1. The molecule has 0 saturated carbocycles. The van der Waals surface area contributed by atoms with Crippen molar-refractivity contribution in [1.82, 2.24) is 9.88 Å². The molecule has 0 spiro atoms. The van der Waals surface area contributed by atoms with E-state index in [2.05, 4.69) is 46.4 Å². The molecule has 3 aromatic rings. The second-order valence-corrected chi connectivity index (χ2v) is 7.18. The van der Waals surface area contributed by atoms with Crippen LogP contribution in [-0.4, -0.2) is 42.0 Å². The van der Waals surface area contributed by atoms with Crippen molar-refractivity contribution in [2.45, 2.75) is 13.3 Å². The summed E-state index contributed by atoms with van der Waals surface area (Å²) >= 11 is 0. The Hall–Kier alpha value is -3.34. The number of aryl methyl sites for hydroxylation is 1. The van der Waals surface area contributed by atoms with Crippen LogP contribution >= 0.6 is 0 Å². The molecule has 2 heterocycles. The standard InChI is InChI=1S/C24H26N4O/c1-2-19-8-6-7-11-22(19)26-20-12-13-23(25-18-20)24(29)28-16-14-27(15-17-28)21-9-4-3-5-10-21/h3-13,18,26H,2,14-17H2,1H3. The summed E-state index contributed by atoms with van der Waals surface area (Å²) in [6, 6.07) is 22.3. The zero-order valence-electron chi connectivity index (χ0n) is 16.7. The number of hydrogen-bond donors (Lipinski definition) is 1. The second-order valence-electron chi connectivity index (χ2n) is 7.18. The number of amides is 1. The number of rotatable bonds is 5. The largest absolute Gasteiger partial charge is 0.368 e. The van der Waals surface area contributed by atoms with Crippen LogP contribution in [0.4, 0.5) is 17.1 Å². The Morgan fingerprint density at radius 2 is 1.66 bits per heavy atom. The molecular weight excluding hydrogens is 360 g/mol. The lowest BCUT2D eigenvalue weighted by atomic mass is 10.1. The van der Waals surface area contributed by atoms with E-state index >= 15 is 0 Å². The zero-order valence-corrected chi connectivity index (χ0v) is 16.7. The smallest absolute Gasteiger partial charge is 0.272 e. The van der Waals surface area contributed by atoms with Gasteiger partial charge in [0.2, 0.25) is 0 Å². The summed E-state index contributed by atoms with van der Waals surface area (Å²) in [5.41, 5.74) is 4.92. The molecule has 0 bridgehead atoms. The van der Waals surface area contributed by atoms with Gasteiger partial charge in [-0.05, 0) is 42.3 Å². The number of nitrogens with zero attached hydrogens (tertiary/aromatic N) is 3. The van der Waals surface area contributed by atoms with Gasteiger partial charge in [0.1, 0.15) is 5.69 Å². The van der Waals surface area contributed by atoms with Crippen LogP contribution < -0.4 is 10.2 Å². The van der Waals surface area contributed by atoms with E-state index < -0.39 is 0 Å². The second kappa shape index (κ2) is 8.78. The number of para-hydroxylation sites is 2. The van der Waals surface area contributed by atoms with Crippen molar-refractivity contribution in [2.75, 3.05) is 36.4 Å². The van der Waals surface area contributed by atoms with Crippen molar-refractivity contribution in [2.24, 2.45) is 0 Å². The molecule has 0 unspecified atom stereocenters. The molecule has 4 rings (SSSR count). The van der Waals surface area contributed by atoms with E-state index in [-0.39, 0.29) is 5.91 Å². The van der Waals surface area contributed by atoms with Crippen molar-refractivity contribution < 1.29 is 4.79 Å². The predicted octanol–water partition coefficient (Wildman–Crippen LogP) is 4.35. The van der Waals surface area contributed by atoms with E-state index in [0.29, 0.717) is 18.8 Å². The minimum atomic E-state index is -0.00165. The minimum absolute atomic E-state index is 0.00165. The first-order valence-corrected chi connectivity index (χ1v) is 10.1. The fraction of sp³-hybridized carbons (Fsp3) is 0.250. The molecule has 1 fully saturated rings. The molecule has 2 aromatic carbocycles. The van der Waals surface area contributed by atoms with Gasteiger partial charge in [-0.1, -0.05) is 43.3 Å². The van der Waals surface area contributed by atoms with Gasteiger partial charge in [0.15, 0.2) is 0 Å². The van der Waals surface area contributed by atoms with Crippen LogP contribution in [0.5, 0.6) is 0 Å². The lowest BCUT2D eigenvalue weighted by molar-refractivity contribution is 0.0741. The first kappa shape index (κ1) is 19.0. The molecule has 0 atom stereocenters. The molecule has 29 heavy (non-hydrogen) atoms. The molecule has 1 aromatic heterocycles. The summed E-state index contributed by atoms with van der Waals surface area (Å²) in [5.74, 6) is -0.00165. The van der Waals surface area contributed by atoms with Crippen LogP contribution in [0.2, 0.25) is 0 Å². The highest BCUT2D eigenvalue weighted by atomic mass is 16.2. The van der Waals surface area contributed by atoms with E-state index in [9.17, 15) is 4.79 Å². The van der Waals surface area contributed by atoms with Crippen molar-refractivity contribution in [1.29, 1.82) is 0 Å². The average Bonchev–Trinajstić information content (AvgIpc) is 2.80. The summed E-state index contributed by atoms with van der Waals surface area (Å²) in [6.45, 7) is 5.23. The summed E-state index contributed by atoms with van der Waals surface area (Å²) < 4.78 is 0. The topological polar surface area (TPSA) is 48.5 Å². The van der Waals surface area contributed by atoms with Crippen LogP contribution in [0, 0.1) is 0 Å². The average molecular weight is 386 g/mol. The highest BCUT2D eigenvalue weighted by Crippen LogP contribution is 2.21. The van der Waals surface area contributed by atoms with E-state index in [4.69, 9.17) is 0 Å². The van der Waals surface area contributed by atoms with E-state index in [1.807, 2.05) is 47.4 Å². The summed E-state index contributed by atoms with van der Waals surface area (Å²) in [5, 5.41) is 3.40. The maximum Gasteiger partial charge on any atom is 0.272 e. The Morgan fingerprint density at radius 3 is 2.34 bits per heavy atom. The summed E-state index contributed by atoms with van der Waals surface area (Å²) in [6.07, 6.45) is 2.70. The minimum Gasteiger partial charge on any atom is -0.368 e. The van der Waals surface area contributed by atoms with Crippen LogP contribution in [0.25, 0.3) is 0 Å². The summed E-state index contributed by atoms with van der Waals surface area (Å²) in [4.78, 5) is 21.5. The molecule has 5 nitrogen and oxygen atoms in total. The maximum atomic E-state index is 12.8. The van der Waals surface area contributed by atoms with E-state index in [1.165, 1.54) is 11.3 Å². The number of piperazine rings is 1. The number of pyridine rings is 1. The SMILES string of the molecule is CCc1ccccc1Nc1ccc(C(=O)N2CCN(c3ccccc3)CC2)nc1. The van der Waals surface area contributed by atoms with Crippen molar-refractivity contribution >= 4 is 23.0 Å². The Balaban J connectivity index is 1.37. The third kappa shape index (κ3) is 4.40. The number of anilines is 3. The number of aromatic nitrogens is 1. The molecule has 1 aliphatic rings. The first-order chi connectivity index (χ1) is 14.2. The third-order valence-electron chi connectivity index (χ3n) is 5.35. The fourth-order valence-electron chi connectivity index (χ4n) is 3.67. The lowest BCUT2D eigenvalue weighted by Crippen LogP contribution is -2.49. The van der Waals surface area contributed by atoms with Gasteiger partial charge in [-0.25, -0.2) is 4.98 Å². The molecule has 1 saturated heterocycles. The molecule has 148 valence electrons. The molecule has 5 heteroatoms. The highest BCUT2D eigenvalue weighted by molar-refractivity contribution is 5.92. The summed E-state index contributed by atoms with van der Waals surface area (Å²) in [7, 11) is 0. The number of benzene rings is 2. The van der Waals surface area contributed by atoms with Gasteiger partial charge in [-0.15, -0.1) is 0 Å². The van der Waals surface area contributed by atoms with Crippen LogP contribution in [0.15, 0.2) is 72.9 Å². The maximum absolute atomic E-state index is 12.8. The van der Waals surface area contributed by atoms with Gasteiger partial charge in [0.25, 0.3) is 5.91 Å². The zero-order chi connectivity index (χ0) is 20.1. The van der Waals surface area contributed by atoms with Crippen LogP contribution in [0.3, 0.4) is 0 Å². The van der Waals surface area contributed by atoms with Crippen LogP contribution in [0.1, 0.15) is 23.0 Å². The Morgan fingerprint density at radius 1 is 0.931 bits per heavy atom. The number of carbonyl (C=O) groups is 1. The number of carbonyl (C=O) groups excluding carboxylic acids is 1. The lowest BCUT2D eigenvalue weighted by Gasteiger charge is -2.36. The van der Waals surface area contributed by atoms with Gasteiger partial charge in [-0.3, -0.25) is 4.79 Å². The number of hydrogen-bond acceptors (Lipinski definition) is 4. The van der Waals surface area contributed by atoms with Crippen LogP contribution in [-0.2, 0) is 6.42 Å². The van der Waals surface area contributed by atoms with Crippen molar-refractivity contribution in [3.8, 4) is 0 Å². The van der Waals surface area contributed by atoms with Gasteiger partial charge in [0, 0.05) is 37.6 Å².